The van der Waals surface area contributed by atoms with Crippen LogP contribution in [0.15, 0.2) is 0 Å². The van der Waals surface area contributed by atoms with Gasteiger partial charge >= 0.3 is 12.3 Å². The Hall–Kier alpha value is -1.02. The first-order valence-corrected chi connectivity index (χ1v) is 6.14. The van der Waals surface area contributed by atoms with Gasteiger partial charge in [0.15, 0.2) is 0 Å². The van der Waals surface area contributed by atoms with Crippen molar-refractivity contribution in [3.63, 3.8) is 0 Å². The molecule has 0 aromatic rings. The van der Waals surface area contributed by atoms with Crippen LogP contribution in [0, 0.1) is 5.41 Å². The van der Waals surface area contributed by atoms with Crippen molar-refractivity contribution in [1.29, 1.82) is 0 Å². The molecule has 0 saturated carbocycles. The molecule has 1 rings (SSSR count). The number of carbonyl (C=O) groups is 1. The zero-order valence-corrected chi connectivity index (χ0v) is 12.0. The van der Waals surface area contributed by atoms with Gasteiger partial charge in [0.1, 0.15) is 11.0 Å². The van der Waals surface area contributed by atoms with Gasteiger partial charge in [-0.1, -0.05) is 0 Å². The van der Waals surface area contributed by atoms with Gasteiger partial charge in [-0.3, -0.25) is 0 Å². The number of nitrogens with zero attached hydrogens (tertiary/aromatic N) is 1. The minimum absolute atomic E-state index is 0.433. The largest absolute Gasteiger partial charge is 0.444 e. The van der Waals surface area contributed by atoms with Crippen molar-refractivity contribution in [2.45, 2.75) is 38.7 Å². The molecule has 1 aliphatic heterocycles. The molecule has 1 saturated heterocycles. The van der Waals surface area contributed by atoms with Crippen LogP contribution in [0.1, 0.15) is 20.8 Å². The van der Waals surface area contributed by atoms with E-state index in [9.17, 15) is 23.1 Å². The molecule has 1 amide bonds. The van der Waals surface area contributed by atoms with Crippen molar-refractivity contribution in [3.8, 4) is 0 Å². The lowest BCUT2D eigenvalue weighted by atomic mass is 9.85. The second-order valence-electron chi connectivity index (χ2n) is 5.96. The van der Waals surface area contributed by atoms with E-state index in [1.807, 2.05) is 0 Å². The number of methoxy groups -OCH3 is 1. The highest BCUT2D eigenvalue weighted by atomic mass is 19.4. The number of halogens is 3. The number of β-amino-alcohol motifs (C(OH)–C–C–N with tert-alkyl or cyclic N) is 1. The second kappa shape index (κ2) is 5.40. The van der Waals surface area contributed by atoms with Gasteiger partial charge in [-0.2, -0.15) is 13.2 Å². The Morgan fingerprint density at radius 2 is 1.95 bits per heavy atom. The van der Waals surface area contributed by atoms with Crippen molar-refractivity contribution in [3.05, 3.63) is 0 Å². The van der Waals surface area contributed by atoms with Crippen LogP contribution >= 0.6 is 0 Å². The normalized spacial score (nSPS) is 27.8. The first-order chi connectivity index (χ1) is 8.93. The number of likely N-dealkylation sites (tertiary alicyclic amines) is 1. The van der Waals surface area contributed by atoms with Crippen LogP contribution in [0.5, 0.6) is 0 Å². The summed E-state index contributed by atoms with van der Waals surface area (Å²) >= 11 is 0. The van der Waals surface area contributed by atoms with Gasteiger partial charge in [0, 0.05) is 13.7 Å². The zero-order valence-electron chi connectivity index (χ0n) is 12.0. The highest BCUT2D eigenvalue weighted by molar-refractivity contribution is 5.68. The molecule has 2 unspecified atom stereocenters. The van der Waals surface area contributed by atoms with Gasteiger partial charge in [-0.15, -0.1) is 0 Å². The molecule has 1 N–H and O–H groups in total. The van der Waals surface area contributed by atoms with Crippen LogP contribution in [0.25, 0.3) is 0 Å². The van der Waals surface area contributed by atoms with Crippen molar-refractivity contribution >= 4 is 6.09 Å². The third kappa shape index (κ3) is 3.35. The maximum Gasteiger partial charge on any atom is 0.410 e. The summed E-state index contributed by atoms with van der Waals surface area (Å²) in [7, 11) is 1.12. The van der Waals surface area contributed by atoms with Crippen LogP contribution in [0.4, 0.5) is 18.0 Å². The Kier molecular flexibility index (Phi) is 4.60. The number of hydrogen-bond acceptors (Lipinski definition) is 4. The summed E-state index contributed by atoms with van der Waals surface area (Å²) in [6.45, 7) is 3.02. The molecular weight excluding hydrogens is 279 g/mol. The predicted octanol–water partition coefficient (Wildman–Crippen LogP) is 1.79. The summed E-state index contributed by atoms with van der Waals surface area (Å²) in [6, 6.07) is 0. The highest BCUT2D eigenvalue weighted by Crippen LogP contribution is 2.46. The zero-order chi connectivity index (χ0) is 15.8. The quantitative estimate of drug-likeness (QED) is 0.844. The number of amides is 1. The Balaban J connectivity index is 2.91. The molecule has 118 valence electrons. The van der Waals surface area contributed by atoms with E-state index in [4.69, 9.17) is 4.74 Å². The molecule has 1 fully saturated rings. The third-order valence-electron chi connectivity index (χ3n) is 3.12. The van der Waals surface area contributed by atoms with Gasteiger partial charge in [0.05, 0.1) is 19.3 Å². The fourth-order valence-electron chi connectivity index (χ4n) is 2.12. The first-order valence-electron chi connectivity index (χ1n) is 6.14. The maximum absolute atomic E-state index is 13.2. The van der Waals surface area contributed by atoms with Gasteiger partial charge in [0.2, 0.25) is 0 Å². The van der Waals surface area contributed by atoms with E-state index in [-0.39, 0.29) is 0 Å². The fourth-order valence-corrected chi connectivity index (χ4v) is 2.12. The van der Waals surface area contributed by atoms with E-state index >= 15 is 0 Å². The standard InChI is InChI=1S/C12H20F3NO4/c1-10(2,3)20-9(18)16-5-8(17)11(6-16,7-19-4)12(13,14)15/h8,17H,5-7H2,1-4H3. The molecule has 0 aliphatic carbocycles. The number of aliphatic hydroxyl groups is 1. The summed E-state index contributed by atoms with van der Waals surface area (Å²) < 4.78 is 49.2. The SMILES string of the molecule is COCC1(C(F)(F)F)CN(C(=O)OC(C)(C)C)CC1O. The summed E-state index contributed by atoms with van der Waals surface area (Å²) in [5.41, 5.74) is -3.29. The predicted molar refractivity (Wildman–Crippen MR) is 64.2 cm³/mol. The van der Waals surface area contributed by atoms with E-state index in [1.165, 1.54) is 0 Å². The van der Waals surface area contributed by atoms with E-state index in [0.29, 0.717) is 0 Å². The maximum atomic E-state index is 13.2. The van der Waals surface area contributed by atoms with Crippen LogP contribution in [0.3, 0.4) is 0 Å². The Morgan fingerprint density at radius 1 is 1.40 bits per heavy atom. The summed E-state index contributed by atoms with van der Waals surface area (Å²) in [6.07, 6.45) is -7.30. The molecule has 0 radical (unpaired) electrons. The summed E-state index contributed by atoms with van der Waals surface area (Å²) in [4.78, 5) is 12.7. The summed E-state index contributed by atoms with van der Waals surface area (Å²) in [5.74, 6) is 0. The smallest absolute Gasteiger partial charge is 0.410 e. The molecule has 0 aromatic heterocycles. The highest BCUT2D eigenvalue weighted by Gasteiger charge is 2.64. The molecule has 0 bridgehead atoms. The Labute approximate surface area is 115 Å². The minimum atomic E-state index is -4.68. The van der Waals surface area contributed by atoms with Crippen molar-refractivity contribution in [2.75, 3.05) is 26.8 Å². The number of ether oxygens (including phenoxy) is 2. The van der Waals surface area contributed by atoms with Gasteiger partial charge in [0.25, 0.3) is 0 Å². The Bertz CT molecular complexity index is 367. The van der Waals surface area contributed by atoms with Crippen LogP contribution in [-0.4, -0.2) is 60.8 Å². The summed E-state index contributed by atoms with van der Waals surface area (Å²) in [5, 5.41) is 9.77. The minimum Gasteiger partial charge on any atom is -0.444 e. The van der Waals surface area contributed by atoms with Crippen LogP contribution in [-0.2, 0) is 9.47 Å². The average molecular weight is 299 g/mol. The molecule has 2 atom stereocenters. The lowest BCUT2D eigenvalue weighted by molar-refractivity contribution is -0.255. The number of rotatable bonds is 2. The molecular formula is C12H20F3NO4. The molecule has 5 nitrogen and oxygen atoms in total. The van der Waals surface area contributed by atoms with Crippen LogP contribution < -0.4 is 0 Å². The number of carbonyl (C=O) groups excluding carboxylic acids is 1. The lowest BCUT2D eigenvalue weighted by Gasteiger charge is -2.33. The Morgan fingerprint density at radius 3 is 2.35 bits per heavy atom. The molecule has 1 heterocycles. The first kappa shape index (κ1) is 17.0. The molecule has 0 spiro atoms. The topological polar surface area (TPSA) is 59.0 Å². The van der Waals surface area contributed by atoms with Crippen LogP contribution in [0.2, 0.25) is 0 Å². The fraction of sp³-hybridized carbons (Fsp3) is 0.917. The van der Waals surface area contributed by atoms with E-state index in [0.717, 1.165) is 12.0 Å². The number of hydrogen-bond donors (Lipinski definition) is 1. The average Bonchev–Trinajstić information content (AvgIpc) is 2.55. The molecule has 1 aliphatic rings. The van der Waals surface area contributed by atoms with E-state index in [2.05, 4.69) is 4.74 Å². The van der Waals surface area contributed by atoms with Gasteiger partial charge < -0.3 is 19.5 Å². The molecule has 20 heavy (non-hydrogen) atoms. The molecule has 0 aromatic carbocycles. The van der Waals surface area contributed by atoms with E-state index < -0.39 is 49.1 Å². The van der Waals surface area contributed by atoms with Gasteiger partial charge in [-0.05, 0) is 20.8 Å². The van der Waals surface area contributed by atoms with E-state index in [1.54, 1.807) is 20.8 Å². The number of alkyl halides is 3. The number of aliphatic hydroxyl groups excluding tert-OH is 1. The third-order valence-corrected chi connectivity index (χ3v) is 3.12. The molecule has 8 heteroatoms. The monoisotopic (exact) mass is 299 g/mol. The van der Waals surface area contributed by atoms with Crippen molar-refractivity contribution in [1.82, 2.24) is 4.90 Å². The van der Waals surface area contributed by atoms with Crippen molar-refractivity contribution < 1.29 is 32.5 Å². The second-order valence-corrected chi connectivity index (χ2v) is 5.96. The lowest BCUT2D eigenvalue weighted by Crippen LogP contribution is -2.51. The van der Waals surface area contributed by atoms with Crippen molar-refractivity contribution in [2.24, 2.45) is 5.41 Å². The van der Waals surface area contributed by atoms with Gasteiger partial charge in [-0.25, -0.2) is 4.79 Å².